The fraction of sp³-hybridized carbons (Fsp3) is 0.536. The van der Waals surface area contributed by atoms with Crippen molar-refractivity contribution in [3.8, 4) is 0 Å². The monoisotopic (exact) mass is 493 g/mol. The van der Waals surface area contributed by atoms with E-state index in [1.807, 2.05) is 68.5 Å². The van der Waals surface area contributed by atoms with Crippen LogP contribution in [-0.2, 0) is 25.7 Å². The van der Waals surface area contributed by atoms with Gasteiger partial charge in [-0.25, -0.2) is 0 Å². The number of hydrogen-bond acceptors (Lipinski definition) is 5. The van der Waals surface area contributed by atoms with E-state index in [9.17, 15) is 19.5 Å². The number of carbonyl (C=O) groups is 3. The number of likely N-dealkylation sites (N-methyl/N-ethyl adjacent to an activating group) is 1. The molecule has 7 atom stereocenters. The van der Waals surface area contributed by atoms with Crippen molar-refractivity contribution in [3.05, 3.63) is 60.2 Å². The van der Waals surface area contributed by atoms with Crippen molar-refractivity contribution >= 4 is 17.7 Å². The molecule has 2 saturated heterocycles. The molecule has 0 bridgehead atoms. The lowest BCUT2D eigenvalue weighted by Gasteiger charge is -2.40. The first kappa shape index (κ1) is 24.7. The lowest BCUT2D eigenvalue weighted by atomic mass is 9.77. The molecule has 1 spiro atoms. The van der Waals surface area contributed by atoms with Crippen LogP contribution in [0.4, 0.5) is 0 Å². The molecule has 1 unspecified atom stereocenters. The number of aliphatic hydroxyl groups is 1. The Hall–Kier alpha value is -2.97. The van der Waals surface area contributed by atoms with Crippen LogP contribution >= 0.6 is 0 Å². The van der Waals surface area contributed by atoms with Gasteiger partial charge in [-0.2, -0.15) is 0 Å². The molecule has 0 saturated carbocycles. The Morgan fingerprint density at radius 3 is 2.53 bits per heavy atom. The molecule has 4 heterocycles. The van der Waals surface area contributed by atoms with E-state index in [0.717, 1.165) is 12.0 Å². The van der Waals surface area contributed by atoms with Crippen LogP contribution < -0.4 is 0 Å². The minimum atomic E-state index is -1.27. The highest BCUT2D eigenvalue weighted by Crippen LogP contribution is 2.54. The van der Waals surface area contributed by atoms with Crippen molar-refractivity contribution in [2.45, 2.75) is 50.6 Å². The number of fused-ring (bicyclic) bond motifs is 2. The molecule has 3 amide bonds. The standard InChI is InChI=1S/C28H35N3O5/c1-4-18(2)20(17-32)31-24-27(35)30(16-19-10-6-5-7-11-19)15-9-13-28(24)23(26(31)34)22-21(36-28)12-8-14-29(3)25(22)33/h5-13,18,20-24,32H,4,14-17H2,1-3H3/t18-,20-,21+,22-,23-,24?,28-/m0/s1. The SMILES string of the molecule is CC[C@H](C)[C@H](CO)N1C(=O)[C@@H]2[C@H]3C(=O)N(C)CC=C[C@H]3O[C@@]23C=CCN(Cc2ccccc2)C(=O)C13. The van der Waals surface area contributed by atoms with Crippen LogP contribution in [0, 0.1) is 17.8 Å². The number of hydrogen-bond donors (Lipinski definition) is 1. The molecule has 4 aliphatic rings. The van der Waals surface area contributed by atoms with Crippen molar-refractivity contribution in [1.29, 1.82) is 0 Å². The van der Waals surface area contributed by atoms with Gasteiger partial charge in [0.1, 0.15) is 11.6 Å². The van der Waals surface area contributed by atoms with Crippen molar-refractivity contribution in [1.82, 2.24) is 14.7 Å². The number of likely N-dealkylation sites (tertiary alicyclic amines) is 1. The van der Waals surface area contributed by atoms with Crippen LogP contribution in [0.15, 0.2) is 54.6 Å². The molecule has 192 valence electrons. The second kappa shape index (κ2) is 9.48. The summed E-state index contributed by atoms with van der Waals surface area (Å²) in [5.74, 6) is -2.26. The number of amides is 3. The van der Waals surface area contributed by atoms with Crippen LogP contribution in [0.25, 0.3) is 0 Å². The first-order valence-electron chi connectivity index (χ1n) is 12.9. The first-order chi connectivity index (χ1) is 17.3. The molecular weight excluding hydrogens is 458 g/mol. The Labute approximate surface area is 212 Å². The van der Waals surface area contributed by atoms with E-state index in [1.165, 1.54) is 0 Å². The number of aliphatic hydroxyl groups excluding tert-OH is 1. The highest BCUT2D eigenvalue weighted by atomic mass is 16.5. The van der Waals surface area contributed by atoms with Gasteiger partial charge >= 0.3 is 0 Å². The van der Waals surface area contributed by atoms with Crippen LogP contribution in [0.5, 0.6) is 0 Å². The van der Waals surface area contributed by atoms with Crippen LogP contribution in [0.1, 0.15) is 25.8 Å². The second-order valence-corrected chi connectivity index (χ2v) is 10.5. The third-order valence-corrected chi connectivity index (χ3v) is 8.44. The highest BCUT2D eigenvalue weighted by molar-refractivity contribution is 6.00. The third kappa shape index (κ3) is 3.69. The zero-order chi connectivity index (χ0) is 25.6. The Balaban J connectivity index is 1.62. The van der Waals surface area contributed by atoms with E-state index in [2.05, 4.69) is 0 Å². The van der Waals surface area contributed by atoms with Crippen molar-refractivity contribution in [2.24, 2.45) is 17.8 Å². The Morgan fingerprint density at radius 1 is 1.08 bits per heavy atom. The van der Waals surface area contributed by atoms with Gasteiger partial charge < -0.3 is 24.5 Å². The van der Waals surface area contributed by atoms with Gasteiger partial charge in [0.15, 0.2) is 0 Å². The Morgan fingerprint density at radius 2 is 1.83 bits per heavy atom. The molecule has 4 aliphatic heterocycles. The summed E-state index contributed by atoms with van der Waals surface area (Å²) < 4.78 is 6.62. The minimum Gasteiger partial charge on any atom is -0.394 e. The first-order valence-corrected chi connectivity index (χ1v) is 12.9. The van der Waals surface area contributed by atoms with E-state index in [4.69, 9.17) is 4.74 Å². The quantitative estimate of drug-likeness (QED) is 0.608. The number of carbonyl (C=O) groups excluding carboxylic acids is 3. The predicted molar refractivity (Wildman–Crippen MR) is 133 cm³/mol. The maximum Gasteiger partial charge on any atom is 0.249 e. The predicted octanol–water partition coefficient (Wildman–Crippen LogP) is 1.60. The van der Waals surface area contributed by atoms with Gasteiger partial charge in [-0.05, 0) is 11.5 Å². The van der Waals surface area contributed by atoms with Crippen LogP contribution in [0.2, 0.25) is 0 Å². The van der Waals surface area contributed by atoms with Gasteiger partial charge in [0.25, 0.3) is 0 Å². The molecule has 8 nitrogen and oxygen atoms in total. The summed E-state index contributed by atoms with van der Waals surface area (Å²) in [4.78, 5) is 46.9. The third-order valence-electron chi connectivity index (χ3n) is 8.44. The van der Waals surface area contributed by atoms with Gasteiger partial charge in [0, 0.05) is 26.7 Å². The van der Waals surface area contributed by atoms with E-state index in [0.29, 0.717) is 19.6 Å². The Kier molecular flexibility index (Phi) is 6.51. The molecule has 1 N–H and O–H groups in total. The van der Waals surface area contributed by atoms with E-state index in [1.54, 1.807) is 21.7 Å². The lowest BCUT2D eigenvalue weighted by Crippen LogP contribution is -2.59. The number of benzene rings is 1. The topological polar surface area (TPSA) is 90.4 Å². The van der Waals surface area contributed by atoms with Crippen molar-refractivity contribution in [2.75, 3.05) is 26.7 Å². The van der Waals surface area contributed by atoms with Gasteiger partial charge in [-0.15, -0.1) is 0 Å². The largest absolute Gasteiger partial charge is 0.394 e. The van der Waals surface area contributed by atoms with Gasteiger partial charge in [-0.1, -0.05) is 74.9 Å². The van der Waals surface area contributed by atoms with Crippen molar-refractivity contribution in [3.63, 3.8) is 0 Å². The summed E-state index contributed by atoms with van der Waals surface area (Å²) in [5.41, 5.74) is -0.283. The molecule has 0 aromatic heterocycles. The molecule has 1 aromatic carbocycles. The summed E-state index contributed by atoms with van der Waals surface area (Å²) in [6, 6.07) is 8.23. The number of nitrogens with zero attached hydrogens (tertiary/aromatic N) is 3. The zero-order valence-electron chi connectivity index (χ0n) is 21.1. The minimum absolute atomic E-state index is 0.0411. The lowest BCUT2D eigenvalue weighted by molar-refractivity contribution is -0.152. The maximum absolute atomic E-state index is 14.3. The van der Waals surface area contributed by atoms with Crippen molar-refractivity contribution < 1.29 is 24.2 Å². The molecule has 5 rings (SSSR count). The summed E-state index contributed by atoms with van der Waals surface area (Å²) in [6.07, 6.45) is 7.63. The van der Waals surface area contributed by atoms with Crippen LogP contribution in [0.3, 0.4) is 0 Å². The average molecular weight is 494 g/mol. The van der Waals surface area contributed by atoms with Gasteiger partial charge in [0.2, 0.25) is 17.7 Å². The van der Waals surface area contributed by atoms with E-state index < -0.39 is 35.6 Å². The maximum atomic E-state index is 14.3. The molecule has 0 radical (unpaired) electrons. The average Bonchev–Trinajstić information content (AvgIpc) is 3.21. The fourth-order valence-corrected chi connectivity index (χ4v) is 6.37. The molecule has 36 heavy (non-hydrogen) atoms. The second-order valence-electron chi connectivity index (χ2n) is 10.5. The molecule has 2 fully saturated rings. The Bertz CT molecular complexity index is 1090. The number of rotatable bonds is 6. The fourth-order valence-electron chi connectivity index (χ4n) is 6.37. The summed E-state index contributed by atoms with van der Waals surface area (Å²) >= 11 is 0. The smallest absolute Gasteiger partial charge is 0.249 e. The summed E-state index contributed by atoms with van der Waals surface area (Å²) in [6.45, 7) is 4.92. The highest BCUT2D eigenvalue weighted by Gasteiger charge is 2.72. The van der Waals surface area contributed by atoms with E-state index in [-0.39, 0.29) is 30.2 Å². The summed E-state index contributed by atoms with van der Waals surface area (Å²) in [7, 11) is 1.72. The van der Waals surface area contributed by atoms with Gasteiger partial charge in [0.05, 0.1) is 30.6 Å². The molecular formula is C28H35N3O5. The molecule has 0 aliphatic carbocycles. The van der Waals surface area contributed by atoms with E-state index >= 15 is 0 Å². The summed E-state index contributed by atoms with van der Waals surface area (Å²) in [5, 5.41) is 10.4. The van der Waals surface area contributed by atoms with Crippen LogP contribution in [-0.4, -0.2) is 88.1 Å². The molecule has 8 heteroatoms. The zero-order valence-corrected chi connectivity index (χ0v) is 21.1. The number of ether oxygens (including phenoxy) is 1. The van der Waals surface area contributed by atoms with Gasteiger partial charge in [-0.3, -0.25) is 14.4 Å². The normalized spacial score (nSPS) is 33.2. The molecule has 1 aromatic rings.